The van der Waals surface area contributed by atoms with Crippen molar-refractivity contribution in [2.75, 3.05) is 26.4 Å². The molecule has 2 aliphatic carbocycles. The van der Waals surface area contributed by atoms with E-state index in [1.807, 2.05) is 27.7 Å². The van der Waals surface area contributed by atoms with E-state index < -0.39 is 0 Å². The highest BCUT2D eigenvalue weighted by atomic mass is 16.6. The van der Waals surface area contributed by atoms with Crippen LogP contribution in [0.3, 0.4) is 0 Å². The largest absolute Gasteiger partial charge is 0.466 e. The number of fused-ring (bicyclic) bond motifs is 2. The molecule has 4 saturated heterocycles. The summed E-state index contributed by atoms with van der Waals surface area (Å²) in [5.74, 6) is 0.924. The molecule has 12 heteroatoms. The Morgan fingerprint density at radius 1 is 0.435 bits per heavy atom. The van der Waals surface area contributed by atoms with E-state index in [-0.39, 0.29) is 78.3 Å². The summed E-state index contributed by atoms with van der Waals surface area (Å²) in [6.07, 6.45) is 24.7. The van der Waals surface area contributed by atoms with Gasteiger partial charge >= 0.3 is 23.9 Å². The average Bonchev–Trinajstić information content (AvgIpc) is 4.04. The van der Waals surface area contributed by atoms with Crippen molar-refractivity contribution >= 4 is 23.9 Å². The number of unbranched alkanes of at least 4 members (excludes halogenated alkanes) is 10. The fourth-order valence-electron chi connectivity index (χ4n) is 10.9. The van der Waals surface area contributed by atoms with Gasteiger partial charge < -0.3 is 37.9 Å². The summed E-state index contributed by atoms with van der Waals surface area (Å²) in [6, 6.07) is 0. The fourth-order valence-corrected chi connectivity index (χ4v) is 10.9. The molecule has 0 bridgehead atoms. The van der Waals surface area contributed by atoms with Crippen molar-refractivity contribution in [2.45, 2.75) is 232 Å². The van der Waals surface area contributed by atoms with Crippen LogP contribution in [0.4, 0.5) is 0 Å². The van der Waals surface area contributed by atoms with E-state index in [9.17, 15) is 19.2 Å². The van der Waals surface area contributed by atoms with Crippen molar-refractivity contribution in [1.29, 1.82) is 0 Å². The molecule has 6 fully saturated rings. The molecule has 14 unspecified atom stereocenters. The molecule has 356 valence electrons. The molecule has 0 aromatic heterocycles. The minimum atomic E-state index is -0.0853. The zero-order valence-electron chi connectivity index (χ0n) is 39.4. The van der Waals surface area contributed by atoms with Gasteiger partial charge in [-0.2, -0.15) is 0 Å². The van der Waals surface area contributed by atoms with E-state index in [4.69, 9.17) is 37.9 Å². The third-order valence-electron chi connectivity index (χ3n) is 14.3. The van der Waals surface area contributed by atoms with Crippen molar-refractivity contribution < 1.29 is 57.1 Å². The van der Waals surface area contributed by atoms with E-state index >= 15 is 0 Å². The third kappa shape index (κ3) is 15.4. The van der Waals surface area contributed by atoms with Gasteiger partial charge in [-0.25, -0.2) is 0 Å². The van der Waals surface area contributed by atoms with Crippen molar-refractivity contribution in [2.24, 2.45) is 35.5 Å². The van der Waals surface area contributed by atoms with Gasteiger partial charge in [-0.1, -0.05) is 90.9 Å². The van der Waals surface area contributed by atoms with Crippen molar-refractivity contribution in [3.8, 4) is 0 Å². The Labute approximate surface area is 373 Å². The Balaban J connectivity index is 0.000000234. The van der Waals surface area contributed by atoms with Crippen LogP contribution in [0.2, 0.25) is 0 Å². The predicted octanol–water partition coefficient (Wildman–Crippen LogP) is 9.64. The predicted molar refractivity (Wildman–Crippen MR) is 235 cm³/mol. The Morgan fingerprint density at radius 3 is 1.52 bits per heavy atom. The van der Waals surface area contributed by atoms with Crippen LogP contribution < -0.4 is 0 Å². The second-order valence-electron chi connectivity index (χ2n) is 18.8. The smallest absolute Gasteiger partial charge is 0.309 e. The molecule has 0 N–H and O–H groups in total. The standard InChI is InChI=1S/2C25H42O6/c1-4-7-13-17-18(25(27)29-6-3)16-19(24-23(17)31-24)22-20(30-22)14-11-9-8-10-12-15-21(26)28-5-2;1-4-7-13-17-16-18(25(27)29-6-3)21(24-22(17)31-24)23-19(30-23)14-11-9-8-10-12-15-20(26)28-5-2/h17-20,22-24H,4-16H2,1-3H3;17-19,21-24H,4-16H2,1-3H3. The van der Waals surface area contributed by atoms with Gasteiger partial charge in [0.25, 0.3) is 0 Å². The molecule has 0 radical (unpaired) electrons. The first kappa shape index (κ1) is 50.7. The van der Waals surface area contributed by atoms with Crippen molar-refractivity contribution in [1.82, 2.24) is 0 Å². The lowest BCUT2D eigenvalue weighted by Gasteiger charge is -2.31. The topological polar surface area (TPSA) is 155 Å². The number of carbonyl (C=O) groups excluding carboxylic acids is 4. The average molecular weight is 877 g/mol. The van der Waals surface area contributed by atoms with Crippen LogP contribution in [0.15, 0.2) is 0 Å². The number of carbonyl (C=O) groups is 4. The first-order valence-corrected chi connectivity index (χ1v) is 25.5. The van der Waals surface area contributed by atoms with E-state index in [0.29, 0.717) is 69.2 Å². The molecule has 2 saturated carbocycles. The summed E-state index contributed by atoms with van der Waals surface area (Å²) in [4.78, 5) is 48.0. The second-order valence-corrected chi connectivity index (χ2v) is 18.8. The highest BCUT2D eigenvalue weighted by molar-refractivity contribution is 5.74. The van der Waals surface area contributed by atoms with Gasteiger partial charge in [0.05, 0.1) is 87.1 Å². The lowest BCUT2D eigenvalue weighted by atomic mass is 9.70. The molecule has 4 heterocycles. The van der Waals surface area contributed by atoms with Crippen LogP contribution in [0, 0.1) is 35.5 Å². The minimum absolute atomic E-state index is 0.0375. The number of rotatable bonds is 30. The Bertz CT molecular complexity index is 1360. The molecule has 14 atom stereocenters. The van der Waals surface area contributed by atoms with Crippen LogP contribution in [-0.4, -0.2) is 99.1 Å². The van der Waals surface area contributed by atoms with Crippen LogP contribution >= 0.6 is 0 Å². The first-order chi connectivity index (χ1) is 30.2. The molecule has 12 nitrogen and oxygen atoms in total. The second kappa shape index (κ2) is 26.6. The highest BCUT2D eigenvalue weighted by Crippen LogP contribution is 2.56. The number of hydrogen-bond donors (Lipinski definition) is 0. The molecule has 62 heavy (non-hydrogen) atoms. The fraction of sp³-hybridized carbons (Fsp3) is 0.920. The zero-order valence-corrected chi connectivity index (χ0v) is 39.4. The lowest BCUT2D eigenvalue weighted by Crippen LogP contribution is -2.41. The van der Waals surface area contributed by atoms with Gasteiger partial charge in [0.1, 0.15) is 0 Å². The van der Waals surface area contributed by atoms with Crippen LogP contribution in [0.5, 0.6) is 0 Å². The summed E-state index contributed by atoms with van der Waals surface area (Å²) >= 11 is 0. The van der Waals surface area contributed by atoms with Gasteiger partial charge in [-0.05, 0) is 85.0 Å². The molecule has 0 aromatic carbocycles. The van der Waals surface area contributed by atoms with Crippen LogP contribution in [0.25, 0.3) is 0 Å². The molecule has 0 amide bonds. The van der Waals surface area contributed by atoms with Gasteiger partial charge in [-0.3, -0.25) is 19.2 Å². The summed E-state index contributed by atoms with van der Waals surface area (Å²) < 4.78 is 45.1. The number of ether oxygens (including phenoxy) is 8. The normalized spacial score (nSPS) is 33.5. The number of epoxide rings is 4. The summed E-state index contributed by atoms with van der Waals surface area (Å²) in [7, 11) is 0. The zero-order chi connectivity index (χ0) is 44.4. The Morgan fingerprint density at radius 2 is 0.935 bits per heavy atom. The molecule has 0 spiro atoms. The van der Waals surface area contributed by atoms with E-state index in [1.54, 1.807) is 0 Å². The summed E-state index contributed by atoms with van der Waals surface area (Å²) in [6.45, 7) is 13.7. The van der Waals surface area contributed by atoms with Crippen molar-refractivity contribution in [3.63, 3.8) is 0 Å². The van der Waals surface area contributed by atoms with E-state index in [1.165, 1.54) is 19.3 Å². The lowest BCUT2D eigenvalue weighted by molar-refractivity contribution is -0.152. The van der Waals surface area contributed by atoms with E-state index in [0.717, 1.165) is 109 Å². The highest BCUT2D eigenvalue weighted by Gasteiger charge is 2.65. The summed E-state index contributed by atoms with van der Waals surface area (Å²) in [5, 5.41) is 0. The number of esters is 4. The third-order valence-corrected chi connectivity index (χ3v) is 14.3. The molecular weight excluding hydrogens is 793 g/mol. The monoisotopic (exact) mass is 877 g/mol. The Hall–Kier alpha value is -2.28. The maximum Gasteiger partial charge on any atom is 0.309 e. The minimum Gasteiger partial charge on any atom is -0.466 e. The first-order valence-electron chi connectivity index (χ1n) is 25.5. The SMILES string of the molecule is CCCCC1C(C(=O)OCC)CC(C2OC2CCCCCCCC(=O)OCC)C2OC12.CCCCC1CC(C(=O)OCC)C(C2OC2CCCCCCCC(=O)OCC)C2OC12. The van der Waals surface area contributed by atoms with Gasteiger partial charge in [0, 0.05) is 30.6 Å². The Kier molecular flexibility index (Phi) is 21.8. The molecule has 4 aliphatic heterocycles. The van der Waals surface area contributed by atoms with Gasteiger partial charge in [0.2, 0.25) is 0 Å². The van der Waals surface area contributed by atoms with Gasteiger partial charge in [-0.15, -0.1) is 0 Å². The number of hydrogen-bond acceptors (Lipinski definition) is 12. The van der Waals surface area contributed by atoms with Crippen molar-refractivity contribution in [3.05, 3.63) is 0 Å². The van der Waals surface area contributed by atoms with Crippen LogP contribution in [0.1, 0.15) is 183 Å². The quantitative estimate of drug-likeness (QED) is 0.0292. The summed E-state index contributed by atoms with van der Waals surface area (Å²) in [5.41, 5.74) is 0. The molecular formula is C50H84O12. The molecule has 6 aliphatic rings. The van der Waals surface area contributed by atoms with Crippen LogP contribution in [-0.2, 0) is 57.1 Å². The molecule has 0 aromatic rings. The maximum absolute atomic E-state index is 12.7. The maximum atomic E-state index is 12.7. The van der Waals surface area contributed by atoms with E-state index in [2.05, 4.69) is 13.8 Å². The molecule has 6 rings (SSSR count). The van der Waals surface area contributed by atoms with Gasteiger partial charge in [0.15, 0.2) is 0 Å².